The maximum absolute atomic E-state index is 12.4. The lowest BCUT2D eigenvalue weighted by atomic mass is 10.0. The Kier molecular flexibility index (Phi) is 7.54. The minimum Gasteiger partial charge on any atom is -0.486 e. The highest BCUT2D eigenvalue weighted by Gasteiger charge is 2.13. The van der Waals surface area contributed by atoms with Gasteiger partial charge in [0.1, 0.15) is 18.1 Å². The summed E-state index contributed by atoms with van der Waals surface area (Å²) in [5, 5.41) is 11.8. The Labute approximate surface area is 202 Å². The fraction of sp³-hybridized carbons (Fsp3) is 0.240. The molecule has 0 radical (unpaired) electrons. The molecule has 0 spiro atoms. The first kappa shape index (κ1) is 23.4. The third-order valence-electron chi connectivity index (χ3n) is 5.21. The van der Waals surface area contributed by atoms with Crippen LogP contribution in [0.25, 0.3) is 0 Å². The van der Waals surface area contributed by atoms with Crippen LogP contribution in [-0.4, -0.2) is 20.8 Å². The van der Waals surface area contributed by atoms with Gasteiger partial charge in [0.15, 0.2) is 5.82 Å². The summed E-state index contributed by atoms with van der Waals surface area (Å²) in [5.74, 6) is 9.06. The molecule has 1 amide bonds. The average Bonchev–Trinajstić information content (AvgIpc) is 3.50. The quantitative estimate of drug-likeness (QED) is 0.256. The molecule has 2 aromatic carbocycles. The second-order valence-electron chi connectivity index (χ2n) is 8.03. The molecule has 176 valence electrons. The fourth-order valence-corrected chi connectivity index (χ4v) is 4.05. The second-order valence-corrected chi connectivity index (χ2v) is 8.97. The highest BCUT2D eigenvalue weighted by molar-refractivity contribution is 7.98. The molecular formula is C25H27N5O3S. The predicted octanol–water partition coefficient (Wildman–Crippen LogP) is 4.51. The number of nitrogens with one attached hydrogen (secondary N) is 1. The largest absolute Gasteiger partial charge is 0.486 e. The molecule has 0 bridgehead atoms. The number of benzene rings is 2. The number of rotatable bonds is 10. The first-order valence-electron chi connectivity index (χ1n) is 10.9. The number of carbonyl (C=O) groups is 1. The lowest BCUT2D eigenvalue weighted by molar-refractivity contribution is 0.0948. The van der Waals surface area contributed by atoms with E-state index in [4.69, 9.17) is 15.0 Å². The minimum absolute atomic E-state index is 0.161. The Morgan fingerprint density at radius 2 is 1.97 bits per heavy atom. The van der Waals surface area contributed by atoms with Crippen LogP contribution in [0.15, 0.2) is 76.5 Å². The lowest BCUT2D eigenvalue weighted by Crippen LogP contribution is -2.22. The van der Waals surface area contributed by atoms with E-state index in [0.29, 0.717) is 40.5 Å². The monoisotopic (exact) mass is 477 g/mol. The van der Waals surface area contributed by atoms with Crippen molar-refractivity contribution in [2.24, 2.45) is 0 Å². The molecule has 2 heterocycles. The number of furan rings is 1. The Hall–Kier alpha value is -3.72. The van der Waals surface area contributed by atoms with Crippen molar-refractivity contribution < 1.29 is 13.9 Å². The lowest BCUT2D eigenvalue weighted by Gasteiger charge is -2.09. The van der Waals surface area contributed by atoms with Crippen LogP contribution in [-0.2, 0) is 18.9 Å². The summed E-state index contributed by atoms with van der Waals surface area (Å²) in [7, 11) is 0. The molecule has 4 rings (SSSR count). The molecule has 2 aromatic heterocycles. The molecular weight excluding hydrogens is 450 g/mol. The van der Waals surface area contributed by atoms with Crippen LogP contribution in [0.3, 0.4) is 0 Å². The van der Waals surface area contributed by atoms with Gasteiger partial charge in [0.2, 0.25) is 5.16 Å². The molecule has 0 atom stereocenters. The zero-order chi connectivity index (χ0) is 23.9. The molecule has 0 aliphatic heterocycles. The van der Waals surface area contributed by atoms with Crippen molar-refractivity contribution >= 4 is 17.7 Å². The molecule has 0 unspecified atom stereocenters. The molecule has 0 aliphatic carbocycles. The Morgan fingerprint density at radius 1 is 1.15 bits per heavy atom. The van der Waals surface area contributed by atoms with E-state index in [1.54, 1.807) is 18.4 Å². The first-order valence-corrected chi connectivity index (χ1v) is 11.9. The maximum Gasteiger partial charge on any atom is 0.251 e. The number of aromatic nitrogens is 3. The molecule has 4 aromatic rings. The highest BCUT2D eigenvalue weighted by atomic mass is 32.2. The Morgan fingerprint density at radius 3 is 2.71 bits per heavy atom. The van der Waals surface area contributed by atoms with Crippen LogP contribution in [0.1, 0.15) is 52.8 Å². The van der Waals surface area contributed by atoms with Gasteiger partial charge in [-0.05, 0) is 53.4 Å². The number of amides is 1. The number of nitrogens with zero attached hydrogens (tertiary/aromatic N) is 3. The van der Waals surface area contributed by atoms with Gasteiger partial charge in [0.25, 0.3) is 5.91 Å². The van der Waals surface area contributed by atoms with Crippen molar-refractivity contribution in [3.05, 3.63) is 95.2 Å². The van der Waals surface area contributed by atoms with Gasteiger partial charge >= 0.3 is 0 Å². The summed E-state index contributed by atoms with van der Waals surface area (Å²) in [6.07, 6.45) is 1.58. The topological polar surface area (TPSA) is 108 Å². The molecule has 3 N–H and O–H groups in total. The fourth-order valence-electron chi connectivity index (χ4n) is 3.23. The smallest absolute Gasteiger partial charge is 0.251 e. The molecule has 34 heavy (non-hydrogen) atoms. The summed E-state index contributed by atoms with van der Waals surface area (Å²) >= 11 is 1.44. The van der Waals surface area contributed by atoms with Crippen LogP contribution in [0.4, 0.5) is 0 Å². The van der Waals surface area contributed by atoms with Gasteiger partial charge in [-0.1, -0.05) is 49.9 Å². The standard InChI is InChI=1S/C25H27N5O3S/c1-17(2)19-8-10-21(11-9-19)33-15-23-28-29-25(30(23)26)34-16-18-5-3-6-20(13-18)24(31)27-14-22-7-4-12-32-22/h3-13,17H,14-16,26H2,1-2H3,(H,27,31). The number of hydrogen-bond acceptors (Lipinski definition) is 7. The predicted molar refractivity (Wildman–Crippen MR) is 131 cm³/mol. The van der Waals surface area contributed by atoms with E-state index in [9.17, 15) is 4.79 Å². The van der Waals surface area contributed by atoms with Crippen LogP contribution < -0.4 is 15.9 Å². The number of nitrogens with two attached hydrogens (primary N) is 1. The van der Waals surface area contributed by atoms with E-state index in [-0.39, 0.29) is 12.5 Å². The van der Waals surface area contributed by atoms with Crippen molar-refractivity contribution in [2.45, 2.75) is 43.8 Å². The number of hydrogen-bond donors (Lipinski definition) is 2. The normalized spacial score (nSPS) is 11.0. The zero-order valence-corrected chi connectivity index (χ0v) is 19.9. The van der Waals surface area contributed by atoms with E-state index < -0.39 is 0 Å². The van der Waals surface area contributed by atoms with E-state index in [0.717, 1.165) is 11.3 Å². The van der Waals surface area contributed by atoms with Crippen LogP contribution >= 0.6 is 11.8 Å². The molecule has 0 fully saturated rings. The summed E-state index contributed by atoms with van der Waals surface area (Å²) in [5.41, 5.74) is 2.81. The van der Waals surface area contributed by atoms with Crippen molar-refractivity contribution in [3.63, 3.8) is 0 Å². The van der Waals surface area contributed by atoms with Crippen molar-refractivity contribution in [1.82, 2.24) is 20.2 Å². The summed E-state index contributed by atoms with van der Waals surface area (Å²) in [6.45, 7) is 4.86. The molecule has 8 nitrogen and oxygen atoms in total. The Bertz CT molecular complexity index is 1220. The third-order valence-corrected chi connectivity index (χ3v) is 6.22. The number of nitrogen functional groups attached to an aromatic ring is 1. The molecule has 0 saturated heterocycles. The van der Waals surface area contributed by atoms with Crippen LogP contribution in [0, 0.1) is 0 Å². The van der Waals surface area contributed by atoms with Crippen LogP contribution in [0.5, 0.6) is 5.75 Å². The average molecular weight is 478 g/mol. The molecule has 0 saturated carbocycles. The second kappa shape index (κ2) is 10.9. The van der Waals surface area contributed by atoms with Gasteiger partial charge in [0, 0.05) is 11.3 Å². The van der Waals surface area contributed by atoms with Gasteiger partial charge < -0.3 is 20.3 Å². The number of ether oxygens (including phenoxy) is 1. The third kappa shape index (κ3) is 5.99. The molecule has 0 aliphatic rings. The number of carbonyl (C=O) groups excluding carboxylic acids is 1. The highest BCUT2D eigenvalue weighted by Crippen LogP contribution is 2.22. The van der Waals surface area contributed by atoms with Gasteiger partial charge in [-0.2, -0.15) is 0 Å². The van der Waals surface area contributed by atoms with E-state index in [1.807, 2.05) is 36.4 Å². The van der Waals surface area contributed by atoms with Gasteiger partial charge in [-0.15, -0.1) is 10.2 Å². The first-order chi connectivity index (χ1) is 16.5. The zero-order valence-electron chi connectivity index (χ0n) is 19.1. The van der Waals surface area contributed by atoms with Crippen molar-refractivity contribution in [3.8, 4) is 5.75 Å². The van der Waals surface area contributed by atoms with Crippen molar-refractivity contribution in [2.75, 3.05) is 5.84 Å². The van der Waals surface area contributed by atoms with Gasteiger partial charge in [-0.3, -0.25) is 4.79 Å². The minimum atomic E-state index is -0.161. The van der Waals surface area contributed by atoms with Gasteiger partial charge in [0.05, 0.1) is 12.8 Å². The summed E-state index contributed by atoms with van der Waals surface area (Å²) in [4.78, 5) is 12.4. The molecule has 9 heteroatoms. The SMILES string of the molecule is CC(C)c1ccc(OCc2nnc(SCc3cccc(C(=O)NCc4ccco4)c3)n2N)cc1. The van der Waals surface area contributed by atoms with E-state index >= 15 is 0 Å². The Balaban J connectivity index is 1.31. The summed E-state index contributed by atoms with van der Waals surface area (Å²) in [6, 6.07) is 19.1. The maximum atomic E-state index is 12.4. The van der Waals surface area contributed by atoms with E-state index in [2.05, 4.69) is 41.5 Å². The van der Waals surface area contributed by atoms with Crippen molar-refractivity contribution in [1.29, 1.82) is 0 Å². The van der Waals surface area contributed by atoms with Gasteiger partial charge in [-0.25, -0.2) is 4.68 Å². The number of thioether (sulfide) groups is 1. The van der Waals surface area contributed by atoms with E-state index in [1.165, 1.54) is 22.0 Å². The van der Waals surface area contributed by atoms with Crippen LogP contribution in [0.2, 0.25) is 0 Å². The summed E-state index contributed by atoms with van der Waals surface area (Å²) < 4.78 is 12.5.